The van der Waals surface area contributed by atoms with Crippen LogP contribution in [0.25, 0.3) is 10.9 Å². The van der Waals surface area contributed by atoms with E-state index in [1.54, 1.807) is 28.7 Å². The molecule has 3 aromatic rings. The van der Waals surface area contributed by atoms with Gasteiger partial charge in [-0.1, -0.05) is 36.9 Å². The van der Waals surface area contributed by atoms with Crippen LogP contribution in [0, 0.1) is 0 Å². The molecule has 4 heterocycles. The van der Waals surface area contributed by atoms with Crippen LogP contribution in [0.4, 0.5) is 0 Å². The summed E-state index contributed by atoms with van der Waals surface area (Å²) in [4.78, 5) is 45.0. The number of nitrogens with two attached hydrogens (primary N) is 1. The Hall–Kier alpha value is -4.63. The highest BCUT2D eigenvalue weighted by Gasteiger charge is 2.56. The van der Waals surface area contributed by atoms with E-state index in [9.17, 15) is 14.4 Å². The third kappa shape index (κ3) is 3.69. The first-order valence-electron chi connectivity index (χ1n) is 13.2. The van der Waals surface area contributed by atoms with Gasteiger partial charge in [0, 0.05) is 24.4 Å². The monoisotopic (exact) mass is 539 g/mol. The number of hydrogen-bond acceptors (Lipinski definition) is 5. The Morgan fingerprint density at radius 1 is 1.15 bits per heavy atom. The predicted octanol–water partition coefficient (Wildman–Crippen LogP) is 2.53. The Balaban J connectivity index is 1.67. The topological polar surface area (TPSA) is 97.7 Å². The Morgan fingerprint density at radius 2 is 1.93 bits per heavy atom. The lowest BCUT2D eigenvalue weighted by atomic mass is 9.78. The Morgan fingerprint density at radius 3 is 2.70 bits per heavy atom. The zero-order chi connectivity index (χ0) is 28.2. The molecular formula is C31H31N4O5+. The zero-order valence-corrected chi connectivity index (χ0v) is 22.7. The summed E-state index contributed by atoms with van der Waals surface area (Å²) >= 11 is 0. The molecule has 6 rings (SSSR count). The second kappa shape index (κ2) is 9.53. The fraction of sp³-hybridized carbons (Fsp3) is 0.258. The molecule has 3 aliphatic heterocycles. The number of rotatable bonds is 5. The van der Waals surface area contributed by atoms with Crippen molar-refractivity contribution in [1.82, 2.24) is 14.4 Å². The van der Waals surface area contributed by atoms with Crippen molar-refractivity contribution in [2.75, 3.05) is 27.4 Å². The first-order chi connectivity index (χ1) is 19.3. The van der Waals surface area contributed by atoms with E-state index in [4.69, 9.17) is 9.47 Å². The van der Waals surface area contributed by atoms with Crippen molar-refractivity contribution in [3.8, 4) is 11.5 Å². The summed E-state index contributed by atoms with van der Waals surface area (Å²) in [6.07, 6.45) is 7.18. The lowest BCUT2D eigenvalue weighted by molar-refractivity contribution is -0.556. The minimum absolute atomic E-state index is 0.0465. The molecule has 2 atom stereocenters. The van der Waals surface area contributed by atoms with Gasteiger partial charge in [-0.3, -0.25) is 19.0 Å². The SMILES string of the molecule is C=C/C(=C\C=C/[NH2+]C)C(=O)n1c2c(c3ccccc31)C[C@]1(C)C(=O)N(C)CC(=O)N1[C@@H]2c1ccc2c(c1)OCO2. The molecule has 0 spiro atoms. The lowest BCUT2D eigenvalue weighted by Crippen LogP contribution is -2.72. The fourth-order valence-electron chi connectivity index (χ4n) is 6.23. The van der Waals surface area contributed by atoms with Gasteiger partial charge in [0.05, 0.1) is 37.0 Å². The van der Waals surface area contributed by atoms with Gasteiger partial charge in [-0.2, -0.15) is 0 Å². The number of piperazine rings is 1. The number of fused-ring (bicyclic) bond motifs is 5. The van der Waals surface area contributed by atoms with Crippen LogP contribution in [0.1, 0.15) is 34.6 Å². The maximum Gasteiger partial charge on any atom is 0.262 e. The summed E-state index contributed by atoms with van der Waals surface area (Å²) in [7, 11) is 3.56. The van der Waals surface area contributed by atoms with Gasteiger partial charge in [0.2, 0.25) is 18.6 Å². The highest BCUT2D eigenvalue weighted by atomic mass is 16.7. The molecule has 0 bridgehead atoms. The first kappa shape index (κ1) is 25.6. The molecule has 1 saturated heterocycles. The fourth-order valence-corrected chi connectivity index (χ4v) is 6.23. The highest BCUT2D eigenvalue weighted by Crippen LogP contribution is 2.49. The average molecular weight is 540 g/mol. The van der Waals surface area contributed by atoms with E-state index in [1.165, 1.54) is 11.0 Å². The molecule has 204 valence electrons. The number of carbonyl (C=O) groups excluding carboxylic acids is 3. The van der Waals surface area contributed by atoms with Crippen molar-refractivity contribution in [2.24, 2.45) is 0 Å². The van der Waals surface area contributed by atoms with E-state index in [0.717, 1.165) is 16.5 Å². The molecule has 0 unspecified atom stereocenters. The van der Waals surface area contributed by atoms with Crippen LogP contribution in [0.3, 0.4) is 0 Å². The highest BCUT2D eigenvalue weighted by molar-refractivity contribution is 6.07. The van der Waals surface area contributed by atoms with E-state index in [1.807, 2.05) is 68.0 Å². The summed E-state index contributed by atoms with van der Waals surface area (Å²) in [6.45, 7) is 5.77. The number of ether oxygens (including phenoxy) is 2. The average Bonchev–Trinajstić information content (AvgIpc) is 3.55. The molecule has 2 amide bonds. The van der Waals surface area contributed by atoms with Crippen LogP contribution < -0.4 is 14.8 Å². The largest absolute Gasteiger partial charge is 0.454 e. The maximum absolute atomic E-state index is 14.3. The smallest absolute Gasteiger partial charge is 0.262 e. The van der Waals surface area contributed by atoms with Gasteiger partial charge in [-0.25, -0.2) is 0 Å². The standard InChI is InChI=1S/C31H30N4O5/c1-5-19(9-8-14-32-3)29(37)34-23-11-7-6-10-21(23)22-16-31(2)30(38)33(4)17-26(36)35(31)27(28(22)34)20-12-13-24-25(15-20)40-18-39-24/h5-15,27,32H,1,16-18H2,2-4H3/p+1/b14-8-,19-9+/t27-,31-/m1/s1. The number of benzene rings is 2. The molecule has 3 aliphatic rings. The van der Waals surface area contributed by atoms with Gasteiger partial charge in [-0.15, -0.1) is 0 Å². The quantitative estimate of drug-likeness (QED) is 0.397. The van der Waals surface area contributed by atoms with E-state index in [2.05, 4.69) is 6.58 Å². The molecule has 2 aromatic carbocycles. The van der Waals surface area contributed by atoms with Crippen LogP contribution in [-0.2, 0) is 16.0 Å². The van der Waals surface area contributed by atoms with Crippen molar-refractivity contribution >= 4 is 28.6 Å². The first-order valence-corrected chi connectivity index (χ1v) is 13.2. The van der Waals surface area contributed by atoms with Gasteiger partial charge in [0.15, 0.2) is 11.5 Å². The van der Waals surface area contributed by atoms with Crippen LogP contribution in [0.2, 0.25) is 0 Å². The summed E-state index contributed by atoms with van der Waals surface area (Å²) in [5.41, 5.74) is 2.21. The minimum Gasteiger partial charge on any atom is -0.454 e. The summed E-state index contributed by atoms with van der Waals surface area (Å²) < 4.78 is 12.9. The second-order valence-electron chi connectivity index (χ2n) is 10.5. The van der Waals surface area contributed by atoms with Crippen molar-refractivity contribution < 1.29 is 29.2 Å². The van der Waals surface area contributed by atoms with Crippen molar-refractivity contribution in [1.29, 1.82) is 0 Å². The van der Waals surface area contributed by atoms with E-state index in [0.29, 0.717) is 28.3 Å². The molecule has 0 radical (unpaired) electrons. The Kier molecular flexibility index (Phi) is 6.11. The van der Waals surface area contributed by atoms with Crippen LogP contribution in [0.15, 0.2) is 79.0 Å². The number of quaternary nitrogens is 1. The number of nitrogens with zero attached hydrogens (tertiary/aromatic N) is 3. The van der Waals surface area contributed by atoms with Crippen molar-refractivity contribution in [3.05, 3.63) is 95.9 Å². The zero-order valence-electron chi connectivity index (χ0n) is 22.7. The molecule has 1 aromatic heterocycles. The number of amides is 2. The molecular weight excluding hydrogens is 508 g/mol. The van der Waals surface area contributed by atoms with Crippen LogP contribution in [-0.4, -0.2) is 65.1 Å². The maximum atomic E-state index is 14.3. The van der Waals surface area contributed by atoms with Crippen molar-refractivity contribution in [2.45, 2.75) is 24.9 Å². The third-order valence-corrected chi connectivity index (χ3v) is 8.00. The van der Waals surface area contributed by atoms with Gasteiger partial charge in [0.1, 0.15) is 5.54 Å². The van der Waals surface area contributed by atoms with Gasteiger partial charge < -0.3 is 24.6 Å². The molecule has 9 heteroatoms. The van der Waals surface area contributed by atoms with E-state index in [-0.39, 0.29) is 37.5 Å². The van der Waals surface area contributed by atoms with E-state index < -0.39 is 11.6 Å². The Bertz CT molecular complexity index is 1650. The van der Waals surface area contributed by atoms with Crippen LogP contribution >= 0.6 is 0 Å². The molecule has 2 N–H and O–H groups in total. The third-order valence-electron chi connectivity index (χ3n) is 8.00. The van der Waals surface area contributed by atoms with Crippen molar-refractivity contribution in [3.63, 3.8) is 0 Å². The summed E-state index contributed by atoms with van der Waals surface area (Å²) in [5.74, 6) is 0.565. The predicted molar refractivity (Wildman–Crippen MR) is 149 cm³/mol. The Labute approximate surface area is 231 Å². The number of carbonyl (C=O) groups is 3. The normalized spacial score (nSPS) is 22.2. The van der Waals surface area contributed by atoms with Gasteiger partial charge >= 0.3 is 0 Å². The molecule has 1 fully saturated rings. The second-order valence-corrected chi connectivity index (χ2v) is 10.5. The molecule has 0 saturated carbocycles. The minimum atomic E-state index is -1.15. The lowest BCUT2D eigenvalue weighted by Gasteiger charge is -2.53. The number of hydrogen-bond donors (Lipinski definition) is 1. The number of likely N-dealkylation sites (N-methyl/N-ethyl adjacent to an activating group) is 1. The van der Waals surface area contributed by atoms with E-state index >= 15 is 0 Å². The number of para-hydroxylation sites is 1. The molecule has 9 nitrogen and oxygen atoms in total. The summed E-state index contributed by atoms with van der Waals surface area (Å²) in [5, 5.41) is 2.74. The van der Waals surface area contributed by atoms with Crippen LogP contribution in [0.5, 0.6) is 11.5 Å². The molecule has 40 heavy (non-hydrogen) atoms. The molecule has 0 aliphatic carbocycles. The van der Waals surface area contributed by atoms with Gasteiger partial charge in [-0.05, 0) is 48.4 Å². The van der Waals surface area contributed by atoms with Gasteiger partial charge in [0.25, 0.3) is 5.91 Å². The number of allylic oxidation sites excluding steroid dienone is 4. The summed E-state index contributed by atoms with van der Waals surface area (Å²) in [6, 6.07) is 12.5. The number of aromatic nitrogens is 1.